The molecule has 2 aromatic rings. The van der Waals surface area contributed by atoms with Crippen LogP contribution in [0, 0.1) is 0 Å². The molecule has 1 fully saturated rings. The van der Waals surface area contributed by atoms with Crippen LogP contribution in [0.4, 0.5) is 5.82 Å². The van der Waals surface area contributed by atoms with Gasteiger partial charge in [-0.15, -0.1) is 0 Å². The minimum absolute atomic E-state index is 0.0122. The van der Waals surface area contributed by atoms with Crippen LogP contribution >= 0.6 is 0 Å². The van der Waals surface area contributed by atoms with Gasteiger partial charge in [0.15, 0.2) is 0 Å². The summed E-state index contributed by atoms with van der Waals surface area (Å²) < 4.78 is 0. The average Bonchev–Trinajstić information content (AvgIpc) is 2.64. The largest absolute Gasteiger partial charge is 0.363 e. The summed E-state index contributed by atoms with van der Waals surface area (Å²) in [6.45, 7) is 0. The maximum atomic E-state index is 12.7. The van der Waals surface area contributed by atoms with E-state index in [2.05, 4.69) is 15.6 Å². The molecule has 1 aliphatic rings. The molecule has 6 heteroatoms. The molecule has 3 rings (SSSR count). The quantitative estimate of drug-likeness (QED) is 0.893. The normalized spacial score (nSPS) is 19.8. The minimum atomic E-state index is -0.221. The van der Waals surface area contributed by atoms with Gasteiger partial charge >= 0.3 is 0 Å². The fourth-order valence-electron chi connectivity index (χ4n) is 2.99. The molecule has 6 nitrogen and oxygen atoms in total. The maximum Gasteiger partial charge on any atom is 0.251 e. The molecule has 1 aliphatic heterocycles. The first-order valence-corrected chi connectivity index (χ1v) is 8.33. The Morgan fingerprint density at radius 1 is 1.24 bits per heavy atom. The topological polar surface area (TPSA) is 74.3 Å². The van der Waals surface area contributed by atoms with E-state index >= 15 is 0 Å². The van der Waals surface area contributed by atoms with E-state index in [9.17, 15) is 9.59 Å². The van der Waals surface area contributed by atoms with Gasteiger partial charge in [0.2, 0.25) is 5.91 Å². The zero-order valence-electron chi connectivity index (χ0n) is 14.4. The first-order chi connectivity index (χ1) is 12.0. The number of hydrogen-bond donors (Lipinski definition) is 2. The van der Waals surface area contributed by atoms with Gasteiger partial charge < -0.3 is 15.5 Å². The van der Waals surface area contributed by atoms with Crippen LogP contribution in [0.3, 0.4) is 0 Å². The number of nitrogens with one attached hydrogen (secondary N) is 2. The summed E-state index contributed by atoms with van der Waals surface area (Å²) in [5, 5.41) is 6.07. The molecule has 25 heavy (non-hydrogen) atoms. The van der Waals surface area contributed by atoms with E-state index in [0.29, 0.717) is 18.4 Å². The highest BCUT2D eigenvalue weighted by Gasteiger charge is 2.31. The van der Waals surface area contributed by atoms with Gasteiger partial charge in [0.1, 0.15) is 5.82 Å². The predicted molar refractivity (Wildman–Crippen MR) is 96.4 cm³/mol. The third-order valence-corrected chi connectivity index (χ3v) is 4.34. The highest BCUT2D eigenvalue weighted by Crippen LogP contribution is 2.24. The standard InChI is InChI=1S/C19H22N4O2/c1-23(2)16-12-14(10-11-20-16)19(25)21-15-8-9-17(24)22-18(15)13-6-4-3-5-7-13/h3-7,10-12,15,18H,8-9H2,1-2H3,(H,21,25)(H,22,24)/t15-,18+/m1/s1. The molecule has 0 radical (unpaired) electrons. The van der Waals surface area contributed by atoms with Gasteiger partial charge in [0, 0.05) is 32.3 Å². The first kappa shape index (κ1) is 17.0. The van der Waals surface area contributed by atoms with Crippen molar-refractivity contribution in [2.75, 3.05) is 19.0 Å². The first-order valence-electron chi connectivity index (χ1n) is 8.33. The third kappa shape index (κ3) is 3.96. The Balaban J connectivity index is 1.79. The van der Waals surface area contributed by atoms with Gasteiger partial charge in [-0.1, -0.05) is 30.3 Å². The number of rotatable bonds is 4. The lowest BCUT2D eigenvalue weighted by Gasteiger charge is -2.33. The number of carbonyl (C=O) groups excluding carboxylic acids is 2. The third-order valence-electron chi connectivity index (χ3n) is 4.34. The molecule has 0 unspecified atom stereocenters. The van der Waals surface area contributed by atoms with Gasteiger partial charge in [-0.25, -0.2) is 4.98 Å². The Kier molecular flexibility index (Phi) is 4.97. The van der Waals surface area contributed by atoms with Crippen LogP contribution in [0.15, 0.2) is 48.7 Å². The highest BCUT2D eigenvalue weighted by molar-refractivity contribution is 5.95. The number of hydrogen-bond acceptors (Lipinski definition) is 4. The fraction of sp³-hybridized carbons (Fsp3) is 0.316. The Bertz CT molecular complexity index is 761. The Morgan fingerprint density at radius 3 is 2.72 bits per heavy atom. The molecule has 2 atom stereocenters. The van der Waals surface area contributed by atoms with Crippen molar-refractivity contribution in [1.29, 1.82) is 0 Å². The predicted octanol–water partition coefficient (Wildman–Crippen LogP) is 1.90. The summed E-state index contributed by atoms with van der Waals surface area (Å²) in [5.74, 6) is 0.579. The van der Waals surface area contributed by atoms with Gasteiger partial charge in [-0.2, -0.15) is 0 Å². The summed E-state index contributed by atoms with van der Waals surface area (Å²) in [5.41, 5.74) is 1.55. The average molecular weight is 338 g/mol. The van der Waals surface area contributed by atoms with Gasteiger partial charge in [-0.05, 0) is 24.1 Å². The number of amides is 2. The second-order valence-electron chi connectivity index (χ2n) is 6.37. The fourth-order valence-corrected chi connectivity index (χ4v) is 2.99. The van der Waals surface area contributed by atoms with Gasteiger partial charge in [-0.3, -0.25) is 9.59 Å². The van der Waals surface area contributed by atoms with Crippen molar-refractivity contribution in [1.82, 2.24) is 15.6 Å². The van der Waals surface area contributed by atoms with E-state index in [0.717, 1.165) is 11.4 Å². The van der Waals surface area contributed by atoms with Crippen LogP contribution in [-0.2, 0) is 4.79 Å². The zero-order chi connectivity index (χ0) is 17.8. The van der Waals surface area contributed by atoms with Gasteiger partial charge in [0.25, 0.3) is 5.91 Å². The second-order valence-corrected chi connectivity index (χ2v) is 6.37. The summed E-state index contributed by atoms with van der Waals surface area (Å²) in [6.07, 6.45) is 2.65. The van der Waals surface area contributed by atoms with Gasteiger partial charge in [0.05, 0.1) is 12.1 Å². The number of anilines is 1. The number of nitrogens with zero attached hydrogens (tertiary/aromatic N) is 2. The van der Waals surface area contributed by atoms with Crippen LogP contribution in [0.2, 0.25) is 0 Å². The molecule has 0 aliphatic carbocycles. The molecule has 130 valence electrons. The van der Waals surface area contributed by atoms with Crippen molar-refractivity contribution in [2.45, 2.75) is 24.9 Å². The molecular weight excluding hydrogens is 316 g/mol. The van der Waals surface area contributed by atoms with E-state index in [-0.39, 0.29) is 23.9 Å². The van der Waals surface area contributed by atoms with E-state index in [4.69, 9.17) is 0 Å². The maximum absolute atomic E-state index is 12.7. The second kappa shape index (κ2) is 7.34. The van der Waals surface area contributed by atoms with Crippen molar-refractivity contribution in [3.63, 3.8) is 0 Å². The number of carbonyl (C=O) groups is 2. The molecule has 0 saturated carbocycles. The monoisotopic (exact) mass is 338 g/mol. The van der Waals surface area contributed by atoms with Crippen molar-refractivity contribution < 1.29 is 9.59 Å². The van der Waals surface area contributed by atoms with Crippen LogP contribution in [0.25, 0.3) is 0 Å². The highest BCUT2D eigenvalue weighted by atomic mass is 16.2. The summed E-state index contributed by atoms with van der Waals surface area (Å²) in [6, 6.07) is 12.8. The lowest BCUT2D eigenvalue weighted by molar-refractivity contribution is -0.123. The van der Waals surface area contributed by atoms with Crippen LogP contribution in [-0.4, -0.2) is 36.9 Å². The summed E-state index contributed by atoms with van der Waals surface area (Å²) in [4.78, 5) is 30.6. The van der Waals surface area contributed by atoms with E-state index in [1.165, 1.54) is 0 Å². The van der Waals surface area contributed by atoms with Crippen molar-refractivity contribution in [3.05, 3.63) is 59.8 Å². The summed E-state index contributed by atoms with van der Waals surface area (Å²) in [7, 11) is 3.76. The summed E-state index contributed by atoms with van der Waals surface area (Å²) >= 11 is 0. The van der Waals surface area contributed by atoms with E-state index in [1.54, 1.807) is 18.3 Å². The molecule has 2 amide bonds. The molecule has 1 saturated heterocycles. The molecular formula is C19H22N4O2. The number of pyridine rings is 1. The Labute approximate surface area is 147 Å². The molecule has 1 aromatic carbocycles. The number of aromatic nitrogens is 1. The lowest BCUT2D eigenvalue weighted by atomic mass is 9.91. The van der Waals surface area contributed by atoms with Crippen LogP contribution in [0.1, 0.15) is 34.8 Å². The Morgan fingerprint density at radius 2 is 2.00 bits per heavy atom. The van der Waals surface area contributed by atoms with E-state index < -0.39 is 0 Å². The lowest BCUT2D eigenvalue weighted by Crippen LogP contribution is -2.50. The Hall–Kier alpha value is -2.89. The smallest absolute Gasteiger partial charge is 0.251 e. The van der Waals surface area contributed by atoms with Crippen LogP contribution in [0.5, 0.6) is 0 Å². The van der Waals surface area contributed by atoms with E-state index in [1.807, 2.05) is 49.3 Å². The van der Waals surface area contributed by atoms with Crippen molar-refractivity contribution in [2.24, 2.45) is 0 Å². The number of benzene rings is 1. The van der Waals surface area contributed by atoms with Crippen molar-refractivity contribution >= 4 is 17.6 Å². The zero-order valence-corrected chi connectivity index (χ0v) is 14.4. The molecule has 0 spiro atoms. The molecule has 2 heterocycles. The number of piperidine rings is 1. The van der Waals surface area contributed by atoms with Crippen molar-refractivity contribution in [3.8, 4) is 0 Å². The molecule has 2 N–H and O–H groups in total. The SMILES string of the molecule is CN(C)c1cc(C(=O)N[C@@H]2CCC(=O)N[C@H]2c2ccccc2)ccn1. The van der Waals surface area contributed by atoms with Crippen LogP contribution < -0.4 is 15.5 Å². The minimum Gasteiger partial charge on any atom is -0.363 e. The molecule has 1 aromatic heterocycles. The molecule has 0 bridgehead atoms.